The van der Waals surface area contributed by atoms with E-state index in [0.29, 0.717) is 15.3 Å². The summed E-state index contributed by atoms with van der Waals surface area (Å²) in [6, 6.07) is 10.1. The maximum atomic E-state index is 13.8. The van der Waals surface area contributed by atoms with Crippen LogP contribution >= 0.6 is 27.7 Å². The van der Waals surface area contributed by atoms with Crippen LogP contribution in [0.4, 0.5) is 10.1 Å². The Bertz CT molecular complexity index is 870. The molecular formula is C15H12BrFN4OS. The van der Waals surface area contributed by atoms with Gasteiger partial charge in [-0.3, -0.25) is 9.20 Å². The summed E-state index contributed by atoms with van der Waals surface area (Å²) in [7, 11) is 0. The Labute approximate surface area is 144 Å². The van der Waals surface area contributed by atoms with Gasteiger partial charge in [-0.2, -0.15) is 0 Å². The van der Waals surface area contributed by atoms with Crippen LogP contribution in [0, 0.1) is 5.82 Å². The number of benzene rings is 1. The molecule has 3 aromatic rings. The van der Waals surface area contributed by atoms with Crippen LogP contribution in [0.5, 0.6) is 0 Å². The molecule has 0 aliphatic heterocycles. The molecule has 0 saturated heterocycles. The molecule has 23 heavy (non-hydrogen) atoms. The number of hydrogen-bond donors (Lipinski definition) is 1. The van der Waals surface area contributed by atoms with E-state index in [4.69, 9.17) is 0 Å². The van der Waals surface area contributed by atoms with Crippen molar-refractivity contribution in [2.75, 3.05) is 5.32 Å². The van der Waals surface area contributed by atoms with Gasteiger partial charge in [-0.1, -0.05) is 33.8 Å². The minimum atomic E-state index is -0.488. The van der Waals surface area contributed by atoms with Crippen LogP contribution < -0.4 is 5.32 Å². The highest BCUT2D eigenvalue weighted by atomic mass is 79.9. The molecule has 3 rings (SSSR count). The number of halogens is 2. The fourth-order valence-electron chi connectivity index (χ4n) is 1.94. The lowest BCUT2D eigenvalue weighted by atomic mass is 10.3. The number of nitrogens with one attached hydrogen (secondary N) is 1. The lowest BCUT2D eigenvalue weighted by Crippen LogP contribution is -2.23. The molecule has 8 heteroatoms. The zero-order valence-electron chi connectivity index (χ0n) is 12.0. The quantitative estimate of drug-likeness (QED) is 0.684. The first-order valence-electron chi connectivity index (χ1n) is 6.77. The number of hydrogen-bond acceptors (Lipinski definition) is 4. The molecule has 1 aromatic carbocycles. The van der Waals surface area contributed by atoms with Crippen molar-refractivity contribution in [1.82, 2.24) is 14.6 Å². The van der Waals surface area contributed by atoms with Crippen molar-refractivity contribution >= 4 is 44.9 Å². The van der Waals surface area contributed by atoms with E-state index in [2.05, 4.69) is 31.4 Å². The predicted octanol–water partition coefficient (Wildman–Crippen LogP) is 3.75. The van der Waals surface area contributed by atoms with Crippen LogP contribution in [0.3, 0.4) is 0 Å². The van der Waals surface area contributed by atoms with Crippen molar-refractivity contribution in [3.63, 3.8) is 0 Å². The lowest BCUT2D eigenvalue weighted by Gasteiger charge is -2.11. The first-order chi connectivity index (χ1) is 11.0. The number of pyridine rings is 1. The number of rotatable bonds is 4. The fourth-order valence-corrected chi connectivity index (χ4v) is 3.11. The summed E-state index contributed by atoms with van der Waals surface area (Å²) in [5.74, 6) is -0.790. The Hall–Kier alpha value is -1.93. The topological polar surface area (TPSA) is 59.3 Å². The SMILES string of the molecule is C[C@@H](Sc1nnc2ccccn12)C(=O)Nc1ccc(Br)cc1F. The van der Waals surface area contributed by atoms with E-state index in [1.54, 1.807) is 17.4 Å². The smallest absolute Gasteiger partial charge is 0.237 e. The summed E-state index contributed by atoms with van der Waals surface area (Å²) in [4.78, 5) is 12.2. The summed E-state index contributed by atoms with van der Waals surface area (Å²) in [5.41, 5.74) is 0.860. The van der Waals surface area contributed by atoms with Gasteiger partial charge >= 0.3 is 0 Å². The highest BCUT2D eigenvalue weighted by molar-refractivity contribution is 9.10. The largest absolute Gasteiger partial charge is 0.323 e. The first kappa shape index (κ1) is 15.9. The molecule has 0 spiro atoms. The number of anilines is 1. The van der Waals surface area contributed by atoms with Crippen LogP contribution in [0.15, 0.2) is 52.2 Å². The van der Waals surface area contributed by atoms with Gasteiger partial charge in [-0.15, -0.1) is 10.2 Å². The van der Waals surface area contributed by atoms with Crippen molar-refractivity contribution in [1.29, 1.82) is 0 Å². The number of carbonyl (C=O) groups is 1. The summed E-state index contributed by atoms with van der Waals surface area (Å²) < 4.78 is 16.2. The minimum Gasteiger partial charge on any atom is -0.323 e. The molecule has 0 unspecified atom stereocenters. The highest BCUT2D eigenvalue weighted by Crippen LogP contribution is 2.24. The molecule has 0 radical (unpaired) electrons. The normalized spacial score (nSPS) is 12.3. The second-order valence-corrected chi connectivity index (χ2v) is 7.01. The summed E-state index contributed by atoms with van der Waals surface area (Å²) >= 11 is 4.44. The average molecular weight is 395 g/mol. The zero-order valence-corrected chi connectivity index (χ0v) is 14.4. The maximum absolute atomic E-state index is 13.8. The van der Waals surface area contributed by atoms with E-state index in [0.717, 1.165) is 0 Å². The van der Waals surface area contributed by atoms with E-state index in [-0.39, 0.29) is 11.6 Å². The third kappa shape index (κ3) is 3.53. The molecule has 1 N–H and O–H groups in total. The van der Waals surface area contributed by atoms with Crippen LogP contribution in [0.1, 0.15) is 6.92 Å². The number of aromatic nitrogens is 3. The van der Waals surface area contributed by atoms with Crippen molar-refractivity contribution in [2.45, 2.75) is 17.3 Å². The van der Waals surface area contributed by atoms with Gasteiger partial charge < -0.3 is 5.32 Å². The molecule has 0 bridgehead atoms. The van der Waals surface area contributed by atoms with Gasteiger partial charge in [0.2, 0.25) is 5.91 Å². The molecule has 118 valence electrons. The molecule has 5 nitrogen and oxygen atoms in total. The van der Waals surface area contributed by atoms with E-state index in [9.17, 15) is 9.18 Å². The Morgan fingerprint density at radius 2 is 2.17 bits per heavy atom. The van der Waals surface area contributed by atoms with Crippen LogP contribution in [-0.4, -0.2) is 25.8 Å². The van der Waals surface area contributed by atoms with Gasteiger partial charge in [-0.05, 0) is 37.3 Å². The molecule has 0 aliphatic carbocycles. The third-order valence-electron chi connectivity index (χ3n) is 3.12. The second kappa shape index (κ2) is 6.67. The van der Waals surface area contributed by atoms with E-state index in [1.165, 1.54) is 23.9 Å². The van der Waals surface area contributed by atoms with Gasteiger partial charge in [0.1, 0.15) is 5.82 Å². The first-order valence-corrected chi connectivity index (χ1v) is 8.44. The summed E-state index contributed by atoms with van der Waals surface area (Å²) in [6.45, 7) is 1.74. The molecule has 1 amide bonds. The van der Waals surface area contributed by atoms with Gasteiger partial charge in [0.15, 0.2) is 10.8 Å². The van der Waals surface area contributed by atoms with Gasteiger partial charge in [0, 0.05) is 10.7 Å². The molecule has 2 heterocycles. The van der Waals surface area contributed by atoms with Crippen molar-refractivity contribution < 1.29 is 9.18 Å². The lowest BCUT2D eigenvalue weighted by molar-refractivity contribution is -0.115. The Balaban J connectivity index is 1.72. The number of nitrogens with zero attached hydrogens (tertiary/aromatic N) is 3. The average Bonchev–Trinajstić information content (AvgIpc) is 2.93. The minimum absolute atomic E-state index is 0.150. The summed E-state index contributed by atoms with van der Waals surface area (Å²) in [6.07, 6.45) is 1.83. The maximum Gasteiger partial charge on any atom is 0.237 e. The Morgan fingerprint density at radius 1 is 1.35 bits per heavy atom. The standard InChI is InChI=1S/C15H12BrFN4OS/c1-9(14(22)18-12-6-5-10(16)8-11(12)17)23-15-20-19-13-4-2-3-7-21(13)15/h2-9H,1H3,(H,18,22)/t9-/m1/s1. The van der Waals surface area contributed by atoms with E-state index >= 15 is 0 Å². The Kier molecular flexibility index (Phi) is 4.63. The Morgan fingerprint density at radius 3 is 2.96 bits per heavy atom. The van der Waals surface area contributed by atoms with Crippen LogP contribution in [-0.2, 0) is 4.79 Å². The van der Waals surface area contributed by atoms with Crippen molar-refractivity contribution in [3.8, 4) is 0 Å². The highest BCUT2D eigenvalue weighted by Gasteiger charge is 2.19. The predicted molar refractivity (Wildman–Crippen MR) is 91.0 cm³/mol. The van der Waals surface area contributed by atoms with Crippen LogP contribution in [0.2, 0.25) is 0 Å². The number of thioether (sulfide) groups is 1. The van der Waals surface area contributed by atoms with Crippen molar-refractivity contribution in [2.24, 2.45) is 0 Å². The molecule has 1 atom stereocenters. The van der Waals surface area contributed by atoms with E-state index < -0.39 is 11.1 Å². The second-order valence-electron chi connectivity index (χ2n) is 4.78. The van der Waals surface area contributed by atoms with Gasteiger partial charge in [-0.25, -0.2) is 4.39 Å². The zero-order chi connectivity index (χ0) is 16.4. The summed E-state index contributed by atoms with van der Waals surface area (Å²) in [5, 5.41) is 10.8. The number of amides is 1. The molecule has 0 aliphatic rings. The number of carbonyl (C=O) groups excluding carboxylic acids is 1. The monoisotopic (exact) mass is 394 g/mol. The number of fused-ring (bicyclic) bond motifs is 1. The van der Waals surface area contributed by atoms with Crippen LogP contribution in [0.25, 0.3) is 5.65 Å². The van der Waals surface area contributed by atoms with E-state index in [1.807, 2.05) is 24.4 Å². The van der Waals surface area contributed by atoms with Gasteiger partial charge in [0.25, 0.3) is 0 Å². The molecule has 2 aromatic heterocycles. The molecule has 0 saturated carbocycles. The molecular weight excluding hydrogens is 383 g/mol. The van der Waals surface area contributed by atoms with Gasteiger partial charge in [0.05, 0.1) is 10.9 Å². The third-order valence-corrected chi connectivity index (χ3v) is 4.67. The fraction of sp³-hybridized carbons (Fsp3) is 0.133. The molecule has 0 fully saturated rings. The van der Waals surface area contributed by atoms with Crippen molar-refractivity contribution in [3.05, 3.63) is 52.9 Å².